The van der Waals surface area contributed by atoms with E-state index < -0.39 is 0 Å². The van der Waals surface area contributed by atoms with Gasteiger partial charge in [0.1, 0.15) is 17.3 Å². The minimum absolute atomic E-state index is 0.155. The third-order valence-electron chi connectivity index (χ3n) is 3.08. The van der Waals surface area contributed by atoms with Crippen LogP contribution in [0.2, 0.25) is 0 Å². The molecular weight excluding hydrogens is 268 g/mol. The summed E-state index contributed by atoms with van der Waals surface area (Å²) in [5.41, 5.74) is 1.73. The lowest BCUT2D eigenvalue weighted by Gasteiger charge is -2.13. The van der Waals surface area contributed by atoms with Crippen LogP contribution in [0.1, 0.15) is 11.1 Å². The van der Waals surface area contributed by atoms with Crippen LogP contribution in [0.15, 0.2) is 36.5 Å². The molecule has 1 N–H and O–H groups in total. The largest absolute Gasteiger partial charge is 0.496 e. The Hall–Kier alpha value is -2.56. The predicted octanol–water partition coefficient (Wildman–Crippen LogP) is 2.59. The lowest BCUT2D eigenvalue weighted by atomic mass is 10.1. The number of nitrogens with zero attached hydrogens (tertiary/aromatic N) is 1. The van der Waals surface area contributed by atoms with Gasteiger partial charge in [-0.2, -0.15) is 0 Å². The molecule has 5 heteroatoms. The second kappa shape index (κ2) is 6.74. The van der Waals surface area contributed by atoms with Crippen molar-refractivity contribution in [1.82, 2.24) is 4.98 Å². The van der Waals surface area contributed by atoms with E-state index in [1.807, 2.05) is 25.1 Å². The highest BCUT2D eigenvalue weighted by molar-refractivity contribution is 5.91. The van der Waals surface area contributed by atoms with Crippen molar-refractivity contribution in [2.24, 2.45) is 0 Å². The van der Waals surface area contributed by atoms with Crippen molar-refractivity contribution in [2.45, 2.75) is 13.3 Å². The third kappa shape index (κ3) is 3.72. The molecule has 2 aromatic rings. The maximum Gasteiger partial charge on any atom is 0.230 e. The van der Waals surface area contributed by atoms with E-state index >= 15 is 0 Å². The minimum atomic E-state index is -0.155. The summed E-state index contributed by atoms with van der Waals surface area (Å²) in [7, 11) is 3.19. The molecule has 0 bridgehead atoms. The molecule has 0 atom stereocenters. The molecule has 21 heavy (non-hydrogen) atoms. The zero-order valence-electron chi connectivity index (χ0n) is 12.3. The third-order valence-corrected chi connectivity index (χ3v) is 3.08. The number of pyridine rings is 1. The van der Waals surface area contributed by atoms with Gasteiger partial charge in [0.05, 0.1) is 20.6 Å². The van der Waals surface area contributed by atoms with Gasteiger partial charge in [0.2, 0.25) is 5.91 Å². The number of methoxy groups -OCH3 is 2. The van der Waals surface area contributed by atoms with Crippen molar-refractivity contribution in [3.8, 4) is 11.5 Å². The van der Waals surface area contributed by atoms with E-state index in [9.17, 15) is 4.79 Å². The van der Waals surface area contributed by atoms with Gasteiger partial charge in [-0.05, 0) is 36.8 Å². The summed E-state index contributed by atoms with van der Waals surface area (Å²) in [6.45, 7) is 1.93. The summed E-state index contributed by atoms with van der Waals surface area (Å²) in [5.74, 6) is 1.78. The first kappa shape index (κ1) is 14.8. The van der Waals surface area contributed by atoms with Crippen molar-refractivity contribution in [1.29, 1.82) is 0 Å². The van der Waals surface area contributed by atoms with Crippen molar-refractivity contribution < 1.29 is 14.3 Å². The van der Waals surface area contributed by atoms with E-state index in [0.29, 0.717) is 11.6 Å². The Bertz CT molecular complexity index is 627. The van der Waals surface area contributed by atoms with E-state index in [1.54, 1.807) is 32.5 Å². The van der Waals surface area contributed by atoms with Crippen LogP contribution in [0.25, 0.3) is 0 Å². The van der Waals surface area contributed by atoms with Crippen LogP contribution in [-0.2, 0) is 11.2 Å². The van der Waals surface area contributed by atoms with Gasteiger partial charge in [0.15, 0.2) is 0 Å². The Morgan fingerprint density at radius 1 is 1.19 bits per heavy atom. The average Bonchev–Trinajstić information content (AvgIpc) is 2.49. The molecule has 1 aromatic heterocycles. The summed E-state index contributed by atoms with van der Waals surface area (Å²) >= 11 is 0. The van der Waals surface area contributed by atoms with Crippen molar-refractivity contribution in [2.75, 3.05) is 19.5 Å². The molecule has 5 nitrogen and oxygen atoms in total. The van der Waals surface area contributed by atoms with Crippen LogP contribution in [0.4, 0.5) is 5.82 Å². The van der Waals surface area contributed by atoms with Crippen molar-refractivity contribution in [3.05, 3.63) is 47.7 Å². The normalized spacial score (nSPS) is 10.0. The first-order chi connectivity index (χ1) is 10.1. The Morgan fingerprint density at radius 2 is 1.95 bits per heavy atom. The molecule has 0 radical (unpaired) electrons. The van der Waals surface area contributed by atoms with Gasteiger partial charge in [0, 0.05) is 11.8 Å². The predicted molar refractivity (Wildman–Crippen MR) is 80.9 cm³/mol. The molecule has 0 unspecified atom stereocenters. The van der Waals surface area contributed by atoms with Crippen molar-refractivity contribution >= 4 is 11.7 Å². The lowest BCUT2D eigenvalue weighted by molar-refractivity contribution is -0.115. The summed E-state index contributed by atoms with van der Waals surface area (Å²) in [6.07, 6.45) is 1.82. The van der Waals surface area contributed by atoms with Crippen LogP contribution < -0.4 is 14.8 Å². The molecule has 1 amide bonds. The smallest absolute Gasteiger partial charge is 0.230 e. The monoisotopic (exact) mass is 286 g/mol. The molecule has 2 rings (SSSR count). The Kier molecular flexibility index (Phi) is 4.77. The van der Waals surface area contributed by atoms with Gasteiger partial charge in [-0.25, -0.2) is 4.98 Å². The average molecular weight is 286 g/mol. The summed E-state index contributed by atoms with van der Waals surface area (Å²) < 4.78 is 10.6. The molecule has 0 saturated heterocycles. The highest BCUT2D eigenvalue weighted by Crippen LogP contribution is 2.28. The standard InChI is InChI=1S/C16H18N2O3/c1-11-8-14(21-3)12(9-13(11)20-2)10-16(19)18-15-6-4-5-7-17-15/h4-9H,10H2,1-3H3,(H,17,18,19). The fourth-order valence-electron chi connectivity index (χ4n) is 2.05. The van der Waals surface area contributed by atoms with Gasteiger partial charge in [-0.15, -0.1) is 0 Å². The number of aryl methyl sites for hydroxylation is 1. The summed E-state index contributed by atoms with van der Waals surface area (Å²) in [6, 6.07) is 9.04. The van der Waals surface area contributed by atoms with Crippen LogP contribution in [0, 0.1) is 6.92 Å². The van der Waals surface area contributed by atoms with Crippen LogP contribution >= 0.6 is 0 Å². The molecule has 0 saturated carbocycles. The first-order valence-corrected chi connectivity index (χ1v) is 6.56. The topological polar surface area (TPSA) is 60.5 Å². The molecule has 0 aliphatic carbocycles. The van der Waals surface area contributed by atoms with E-state index in [1.165, 1.54) is 0 Å². The molecule has 0 fully saturated rings. The Labute approximate surface area is 123 Å². The van der Waals surface area contributed by atoms with Gasteiger partial charge in [-0.3, -0.25) is 4.79 Å². The minimum Gasteiger partial charge on any atom is -0.496 e. The molecule has 1 aromatic carbocycles. The maximum atomic E-state index is 12.1. The molecule has 1 heterocycles. The van der Waals surface area contributed by atoms with Gasteiger partial charge in [-0.1, -0.05) is 6.07 Å². The van der Waals surface area contributed by atoms with Crippen LogP contribution in [-0.4, -0.2) is 25.1 Å². The number of carbonyl (C=O) groups is 1. The molecule has 0 aliphatic rings. The fraction of sp³-hybridized carbons (Fsp3) is 0.250. The molecular formula is C16H18N2O3. The van der Waals surface area contributed by atoms with E-state index in [-0.39, 0.29) is 12.3 Å². The van der Waals surface area contributed by atoms with E-state index in [4.69, 9.17) is 9.47 Å². The SMILES string of the molecule is COc1cc(CC(=O)Nc2ccccn2)c(OC)cc1C. The first-order valence-electron chi connectivity index (χ1n) is 6.56. The molecule has 110 valence electrons. The van der Waals surface area contributed by atoms with Crippen LogP contribution in [0.5, 0.6) is 11.5 Å². The van der Waals surface area contributed by atoms with Gasteiger partial charge >= 0.3 is 0 Å². The van der Waals surface area contributed by atoms with E-state index in [2.05, 4.69) is 10.3 Å². The van der Waals surface area contributed by atoms with Gasteiger partial charge < -0.3 is 14.8 Å². The number of carbonyl (C=O) groups excluding carboxylic acids is 1. The van der Waals surface area contributed by atoms with Gasteiger partial charge in [0.25, 0.3) is 0 Å². The summed E-state index contributed by atoms with van der Waals surface area (Å²) in [4.78, 5) is 16.1. The number of anilines is 1. The number of hydrogen-bond donors (Lipinski definition) is 1. The number of nitrogens with one attached hydrogen (secondary N) is 1. The zero-order chi connectivity index (χ0) is 15.2. The maximum absolute atomic E-state index is 12.1. The second-order valence-corrected chi connectivity index (χ2v) is 4.57. The fourth-order valence-corrected chi connectivity index (χ4v) is 2.05. The van der Waals surface area contributed by atoms with E-state index in [0.717, 1.165) is 16.9 Å². The highest BCUT2D eigenvalue weighted by Gasteiger charge is 2.12. The lowest BCUT2D eigenvalue weighted by Crippen LogP contribution is -2.15. The Morgan fingerprint density at radius 3 is 2.57 bits per heavy atom. The number of aromatic nitrogens is 1. The second-order valence-electron chi connectivity index (χ2n) is 4.57. The zero-order valence-corrected chi connectivity index (χ0v) is 12.3. The quantitative estimate of drug-likeness (QED) is 0.917. The van der Waals surface area contributed by atoms with Crippen LogP contribution in [0.3, 0.4) is 0 Å². The molecule has 0 spiro atoms. The number of hydrogen-bond acceptors (Lipinski definition) is 4. The Balaban J connectivity index is 2.16. The van der Waals surface area contributed by atoms with Crippen molar-refractivity contribution in [3.63, 3.8) is 0 Å². The number of benzene rings is 1. The molecule has 0 aliphatic heterocycles. The number of ether oxygens (including phenoxy) is 2. The number of amides is 1. The highest BCUT2D eigenvalue weighted by atomic mass is 16.5. The summed E-state index contributed by atoms with van der Waals surface area (Å²) in [5, 5.41) is 2.75. The number of rotatable bonds is 5.